The van der Waals surface area contributed by atoms with Gasteiger partial charge in [-0.1, -0.05) is 49.5 Å². The van der Waals surface area contributed by atoms with Gasteiger partial charge in [-0.2, -0.15) is 5.10 Å². The molecule has 1 saturated heterocycles. The molecule has 94 heavy (non-hydrogen) atoms. The fraction of sp³-hybridized carbons (Fsp3) is 0.515. The Morgan fingerprint density at radius 1 is 0.851 bits per heavy atom. The van der Waals surface area contributed by atoms with Gasteiger partial charge in [0.15, 0.2) is 16.9 Å². The van der Waals surface area contributed by atoms with Crippen molar-refractivity contribution in [3.05, 3.63) is 113 Å². The Bertz CT molecular complexity index is 3720. The van der Waals surface area contributed by atoms with Crippen LogP contribution < -0.4 is 36.1 Å². The highest BCUT2D eigenvalue weighted by molar-refractivity contribution is 7.22. The number of nitrogens with two attached hydrogens (primary N) is 1. The summed E-state index contributed by atoms with van der Waals surface area (Å²) in [5.41, 5.74) is 11.0. The maximum atomic E-state index is 14.0. The number of anilines is 3. The average Bonchev–Trinajstić information content (AvgIpc) is 0.697. The molecule has 5 heterocycles. The van der Waals surface area contributed by atoms with E-state index >= 15 is 0 Å². The zero-order valence-corrected chi connectivity index (χ0v) is 54.6. The number of hydrogen-bond donors (Lipinski definition) is 9. The Morgan fingerprint density at radius 2 is 1.62 bits per heavy atom. The number of benzene rings is 3. The number of para-hydroxylation sites is 1. The van der Waals surface area contributed by atoms with Crippen LogP contribution in [-0.2, 0) is 43.3 Å². The molecule has 0 radical (unpaired) electrons. The van der Waals surface area contributed by atoms with Crippen molar-refractivity contribution in [2.45, 2.75) is 128 Å². The zero-order valence-electron chi connectivity index (χ0n) is 53.8. The Kier molecular flexibility index (Phi) is 20.6. The van der Waals surface area contributed by atoms with E-state index < -0.39 is 54.3 Å². The molecule has 25 nitrogen and oxygen atoms in total. The molecule has 4 bridgehead atoms. The van der Waals surface area contributed by atoms with Gasteiger partial charge in [0, 0.05) is 74.3 Å². The van der Waals surface area contributed by atoms with Gasteiger partial charge in [-0.15, -0.1) is 0 Å². The van der Waals surface area contributed by atoms with Crippen LogP contribution in [-0.4, -0.2) is 190 Å². The average molecular weight is 1320 g/mol. The number of aliphatic hydroxyl groups is 3. The van der Waals surface area contributed by atoms with E-state index in [0.29, 0.717) is 90.3 Å². The van der Waals surface area contributed by atoms with Crippen molar-refractivity contribution in [3.8, 4) is 22.6 Å². The molecule has 6 aliphatic rings. The molecule has 26 heteroatoms. The molecule has 12 rings (SSSR count). The Balaban J connectivity index is 0.733. The number of amides is 2. The summed E-state index contributed by atoms with van der Waals surface area (Å²) in [6.45, 7) is 11.7. The summed E-state index contributed by atoms with van der Waals surface area (Å²) in [6.07, 6.45) is 3.47. The van der Waals surface area contributed by atoms with E-state index in [4.69, 9.17) is 44.2 Å². The number of methoxy groups -OCH3 is 2. The monoisotopic (exact) mass is 1310 g/mol. The number of nitrogens with zero attached hydrogens (tertiary/aromatic N) is 6. The van der Waals surface area contributed by atoms with Crippen molar-refractivity contribution in [2.75, 3.05) is 95.4 Å². The molecular formula is C68H86N10O15S. The maximum Gasteiger partial charge on any atom is 0.410 e. The summed E-state index contributed by atoms with van der Waals surface area (Å²) in [5, 5.41) is 66.8. The van der Waals surface area contributed by atoms with Gasteiger partial charge in [0.1, 0.15) is 42.2 Å². The lowest BCUT2D eigenvalue weighted by Crippen LogP contribution is -2.64. The fourth-order valence-corrected chi connectivity index (χ4v) is 16.8. The van der Waals surface area contributed by atoms with Crippen molar-refractivity contribution >= 4 is 68.2 Å². The third-order valence-corrected chi connectivity index (χ3v) is 19.9. The molecule has 2 unspecified atom stereocenters. The lowest BCUT2D eigenvalue weighted by molar-refractivity contribution is -0.271. The Labute approximate surface area is 549 Å². The van der Waals surface area contributed by atoms with Gasteiger partial charge in [0.25, 0.3) is 5.91 Å². The number of fused-ring (bicyclic) bond motifs is 2. The third kappa shape index (κ3) is 14.8. The number of thiazole rings is 1. The van der Waals surface area contributed by atoms with Gasteiger partial charge in [-0.3, -0.25) is 14.8 Å². The minimum Gasteiger partial charge on any atom is -0.496 e. The van der Waals surface area contributed by atoms with Gasteiger partial charge >= 0.3 is 18.0 Å². The highest BCUT2D eigenvalue weighted by Gasteiger charge is 2.66. The highest BCUT2D eigenvalue weighted by Crippen LogP contribution is 2.72. The molecule has 2 aliphatic heterocycles. The van der Waals surface area contributed by atoms with Crippen molar-refractivity contribution in [1.82, 2.24) is 30.0 Å². The van der Waals surface area contributed by atoms with Crippen LogP contribution in [0.5, 0.6) is 11.5 Å². The lowest BCUT2D eigenvalue weighted by atomic mass is 9.39. The summed E-state index contributed by atoms with van der Waals surface area (Å²) in [4.78, 5) is 65.8. The summed E-state index contributed by atoms with van der Waals surface area (Å²) in [5.74, 6) is -1.65. The first kappa shape index (κ1) is 67.6. The number of nitrogens with one attached hydrogen (secondary N) is 3. The normalized spacial score (nSPS) is 25.3. The van der Waals surface area contributed by atoms with Gasteiger partial charge in [0.05, 0.1) is 48.0 Å². The minimum absolute atomic E-state index is 0.0102. The van der Waals surface area contributed by atoms with E-state index in [1.54, 1.807) is 61.7 Å². The SMILES string of the molecule is COCCN(CCOC12CC3(C)CC(C)(CC(Cn4ncc(-c5ccc(N6CCc7c(OC)ccc(C(=O)Nc8nc9ccccc9s8)c7C6)nc5C(=O)O)c4C)(C3)C1)C2)C(=O)OC/C=C/c1ccc(O[C@@H]2O[C@H](C(=O)O)[C@@H](O)[C@H](O)[C@H]2O)c(NCCCNCCCN)c1. The van der Waals surface area contributed by atoms with E-state index in [1.165, 1.54) is 11.3 Å². The fourth-order valence-electron chi connectivity index (χ4n) is 15.9. The van der Waals surface area contributed by atoms with E-state index in [0.717, 1.165) is 84.9 Å². The number of pyridine rings is 1. The molecule has 0 spiro atoms. The second-order valence-corrected chi connectivity index (χ2v) is 27.5. The number of aliphatic hydroxyl groups excluding tert-OH is 3. The first-order valence-electron chi connectivity index (χ1n) is 32.1. The van der Waals surface area contributed by atoms with Gasteiger partial charge in [-0.05, 0) is 166 Å². The third-order valence-electron chi connectivity index (χ3n) is 19.0. The quantitative estimate of drug-likeness (QED) is 0.0207. The molecule has 6 aromatic rings. The standard InChI is InChI=1S/C68H86N10O15S/c1-41-46(44-16-19-53(74-54(44)60(83)84)77-25-20-43-47(33-77)45(15-18-50(43)89-5)59(82)75-63-73-48-12-6-7-13-52(48)94-63)32-72-78(41)40-67-35-65(2)34-66(3,36-67)38-68(37-65,39-67)91-30-27-76(26-29-88-4)64(87)90-28-8-11-42-14-17-51(49(31-42)71-24-10-23-70-22-9-21-69)92-62-57(81)55(79)56(80)58(93-62)61(85)86/h6-8,11-19,31-32,55-58,62,70-71,79-81H,9-10,20-30,33-40,69H2,1-5H3,(H,83,84)(H,85,86)(H,73,75,82)/b11-8+/t55-,56-,57+,58-,62+,65?,66?,67?,68?/m0/s1. The number of carbonyl (C=O) groups is 4. The Hall–Kier alpha value is -7.79. The molecule has 504 valence electrons. The topological polar surface area (TPSA) is 337 Å². The zero-order chi connectivity index (χ0) is 66.5. The largest absolute Gasteiger partial charge is 0.496 e. The van der Waals surface area contributed by atoms with Crippen LogP contribution in [0.2, 0.25) is 0 Å². The smallest absolute Gasteiger partial charge is 0.410 e. The van der Waals surface area contributed by atoms with Crippen molar-refractivity contribution in [2.24, 2.45) is 22.0 Å². The van der Waals surface area contributed by atoms with Gasteiger partial charge < -0.3 is 80.1 Å². The molecule has 10 N–H and O–H groups in total. The molecular weight excluding hydrogens is 1230 g/mol. The molecule has 4 aliphatic carbocycles. The van der Waals surface area contributed by atoms with Crippen LogP contribution in [0, 0.1) is 23.2 Å². The van der Waals surface area contributed by atoms with Crippen molar-refractivity contribution in [3.63, 3.8) is 0 Å². The number of hydrogen-bond acceptors (Lipinski definition) is 21. The van der Waals surface area contributed by atoms with Crippen LogP contribution in [0.25, 0.3) is 27.4 Å². The van der Waals surface area contributed by atoms with E-state index in [1.807, 2.05) is 59.0 Å². The summed E-state index contributed by atoms with van der Waals surface area (Å²) >= 11 is 1.40. The number of aromatic carboxylic acids is 1. The maximum absolute atomic E-state index is 14.0. The van der Waals surface area contributed by atoms with Crippen LogP contribution in [0.1, 0.15) is 108 Å². The van der Waals surface area contributed by atoms with E-state index in [2.05, 4.69) is 34.8 Å². The highest BCUT2D eigenvalue weighted by atomic mass is 32.1. The molecule has 3 aromatic heterocycles. The molecule has 2 amide bonds. The van der Waals surface area contributed by atoms with Crippen LogP contribution in [0.4, 0.5) is 21.4 Å². The first-order chi connectivity index (χ1) is 45.1. The number of carbonyl (C=O) groups excluding carboxylic acids is 2. The number of aliphatic carboxylic acids is 1. The van der Waals surface area contributed by atoms with E-state index in [-0.39, 0.29) is 66.5 Å². The van der Waals surface area contributed by atoms with E-state index in [9.17, 15) is 44.7 Å². The second-order valence-electron chi connectivity index (χ2n) is 26.5. The summed E-state index contributed by atoms with van der Waals surface area (Å²) in [7, 11) is 3.18. The minimum atomic E-state index is -1.87. The summed E-state index contributed by atoms with van der Waals surface area (Å²) in [6, 6.07) is 20.0. The van der Waals surface area contributed by atoms with Crippen molar-refractivity contribution < 1.29 is 73.1 Å². The van der Waals surface area contributed by atoms with Crippen LogP contribution >= 0.6 is 11.3 Å². The van der Waals surface area contributed by atoms with Gasteiger partial charge in [0.2, 0.25) is 6.29 Å². The molecule has 5 fully saturated rings. The number of ether oxygens (including phenoxy) is 6. The number of carboxylic acids is 2. The molecule has 3 aromatic carbocycles. The number of aromatic nitrogens is 4. The van der Waals surface area contributed by atoms with Gasteiger partial charge in [-0.25, -0.2) is 24.4 Å². The number of rotatable bonds is 29. The number of carboxylic acid groups (broad SMARTS) is 2. The molecule has 7 atom stereocenters. The lowest BCUT2D eigenvalue weighted by Gasteiger charge is -2.69. The second kappa shape index (κ2) is 28.7. The predicted molar refractivity (Wildman–Crippen MR) is 352 cm³/mol. The predicted octanol–water partition coefficient (Wildman–Crippen LogP) is 7.33. The first-order valence-corrected chi connectivity index (χ1v) is 32.9. The van der Waals surface area contributed by atoms with Crippen molar-refractivity contribution in [1.29, 1.82) is 0 Å². The molecule has 4 saturated carbocycles. The van der Waals surface area contributed by atoms with Crippen LogP contribution in [0.3, 0.4) is 0 Å². The Morgan fingerprint density at radius 3 is 2.36 bits per heavy atom. The van der Waals surface area contributed by atoms with Crippen LogP contribution in [0.15, 0.2) is 79.0 Å². The summed E-state index contributed by atoms with van der Waals surface area (Å²) < 4.78 is 38.4.